The number of nitrogens with one attached hydrogen (secondary N) is 1. The van der Waals surface area contributed by atoms with Crippen molar-refractivity contribution in [1.82, 2.24) is 14.9 Å². The number of aromatic nitrogens is 2. The number of hydrogen-bond acceptors (Lipinski definition) is 2. The van der Waals surface area contributed by atoms with Crippen LogP contribution >= 0.6 is 15.9 Å². The summed E-state index contributed by atoms with van der Waals surface area (Å²) in [6, 6.07) is 4.81. The van der Waals surface area contributed by atoms with Gasteiger partial charge in [0.05, 0.1) is 18.1 Å². The summed E-state index contributed by atoms with van der Waals surface area (Å²) in [6.45, 7) is 0. The lowest BCUT2D eigenvalue weighted by Gasteiger charge is -2.15. The van der Waals surface area contributed by atoms with Crippen LogP contribution in [0.1, 0.15) is 17.3 Å². The third-order valence-electron chi connectivity index (χ3n) is 2.86. The van der Waals surface area contributed by atoms with Crippen LogP contribution in [-0.2, 0) is 13.5 Å². The van der Waals surface area contributed by atoms with Gasteiger partial charge in [-0.25, -0.2) is 9.37 Å². The Kier molecular flexibility index (Phi) is 4.14. The van der Waals surface area contributed by atoms with E-state index >= 15 is 0 Å². The topological polar surface area (TPSA) is 29.9 Å². The van der Waals surface area contributed by atoms with E-state index in [0.717, 1.165) is 15.7 Å². The molecule has 96 valence electrons. The molecule has 1 unspecified atom stereocenters. The van der Waals surface area contributed by atoms with E-state index in [2.05, 4.69) is 26.2 Å². The quantitative estimate of drug-likeness (QED) is 0.941. The highest BCUT2D eigenvalue weighted by molar-refractivity contribution is 9.10. The molecule has 1 heterocycles. The first-order chi connectivity index (χ1) is 8.60. The maximum absolute atomic E-state index is 13.2. The molecule has 2 aromatic rings. The second-order valence-electron chi connectivity index (χ2n) is 4.25. The van der Waals surface area contributed by atoms with E-state index in [9.17, 15) is 4.39 Å². The number of benzene rings is 1. The second kappa shape index (κ2) is 5.63. The van der Waals surface area contributed by atoms with Gasteiger partial charge in [0.15, 0.2) is 0 Å². The molecule has 1 N–H and O–H groups in total. The molecule has 3 nitrogen and oxygen atoms in total. The van der Waals surface area contributed by atoms with Gasteiger partial charge in [0, 0.05) is 17.7 Å². The van der Waals surface area contributed by atoms with Crippen LogP contribution in [0.2, 0.25) is 0 Å². The van der Waals surface area contributed by atoms with Crippen LogP contribution in [0.4, 0.5) is 4.39 Å². The Morgan fingerprint density at radius 2 is 2.28 bits per heavy atom. The second-order valence-corrected chi connectivity index (χ2v) is 5.10. The van der Waals surface area contributed by atoms with Crippen molar-refractivity contribution in [3.05, 3.63) is 52.3 Å². The minimum absolute atomic E-state index is 0.0734. The third-order valence-corrected chi connectivity index (χ3v) is 3.64. The predicted octanol–water partition coefficient (Wildman–Crippen LogP) is 2.82. The van der Waals surface area contributed by atoms with Crippen LogP contribution in [0, 0.1) is 5.82 Å². The molecule has 0 radical (unpaired) electrons. The van der Waals surface area contributed by atoms with Crippen molar-refractivity contribution in [2.24, 2.45) is 7.05 Å². The van der Waals surface area contributed by atoms with Gasteiger partial charge in [-0.15, -0.1) is 0 Å². The Labute approximate surface area is 114 Å². The third kappa shape index (κ3) is 2.97. The Bertz CT molecular complexity index is 539. The summed E-state index contributed by atoms with van der Waals surface area (Å²) in [7, 11) is 3.81. The maximum Gasteiger partial charge on any atom is 0.123 e. The lowest BCUT2D eigenvalue weighted by atomic mass is 10.0. The lowest BCUT2D eigenvalue weighted by Crippen LogP contribution is -2.19. The van der Waals surface area contributed by atoms with E-state index in [1.165, 1.54) is 6.07 Å². The molecule has 1 aromatic carbocycles. The summed E-state index contributed by atoms with van der Waals surface area (Å²) in [4.78, 5) is 4.33. The van der Waals surface area contributed by atoms with Crippen LogP contribution in [0.5, 0.6) is 0 Å². The fourth-order valence-electron chi connectivity index (χ4n) is 1.89. The predicted molar refractivity (Wildman–Crippen MR) is 72.8 cm³/mol. The van der Waals surface area contributed by atoms with Crippen LogP contribution in [0.3, 0.4) is 0 Å². The van der Waals surface area contributed by atoms with E-state index in [0.29, 0.717) is 6.42 Å². The average molecular weight is 312 g/mol. The Morgan fingerprint density at radius 1 is 1.50 bits per heavy atom. The van der Waals surface area contributed by atoms with Crippen LogP contribution < -0.4 is 5.32 Å². The summed E-state index contributed by atoms with van der Waals surface area (Å²) in [5.41, 5.74) is 1.89. The fourth-order valence-corrected chi connectivity index (χ4v) is 2.30. The molecule has 1 atom stereocenters. The van der Waals surface area contributed by atoms with Crippen molar-refractivity contribution in [2.45, 2.75) is 12.5 Å². The van der Waals surface area contributed by atoms with Gasteiger partial charge in [-0.1, -0.05) is 15.9 Å². The maximum atomic E-state index is 13.2. The zero-order valence-electron chi connectivity index (χ0n) is 10.3. The van der Waals surface area contributed by atoms with Gasteiger partial charge in [-0.05, 0) is 37.2 Å². The first kappa shape index (κ1) is 13.2. The summed E-state index contributed by atoms with van der Waals surface area (Å²) < 4.78 is 16.1. The molecule has 0 aliphatic carbocycles. The number of hydrogen-bond donors (Lipinski definition) is 1. The monoisotopic (exact) mass is 311 g/mol. The van der Waals surface area contributed by atoms with E-state index < -0.39 is 0 Å². The molecule has 2 rings (SSSR count). The molecule has 0 fully saturated rings. The van der Waals surface area contributed by atoms with Crippen molar-refractivity contribution in [1.29, 1.82) is 0 Å². The zero-order valence-corrected chi connectivity index (χ0v) is 11.9. The number of rotatable bonds is 4. The first-order valence-electron chi connectivity index (χ1n) is 5.69. The van der Waals surface area contributed by atoms with Crippen molar-refractivity contribution in [2.75, 3.05) is 7.05 Å². The van der Waals surface area contributed by atoms with Crippen molar-refractivity contribution in [3.63, 3.8) is 0 Å². The Hall–Kier alpha value is -1.20. The minimum atomic E-state index is -0.218. The van der Waals surface area contributed by atoms with E-state index in [4.69, 9.17) is 0 Å². The Morgan fingerprint density at radius 3 is 2.89 bits per heavy atom. The molecule has 0 aliphatic rings. The van der Waals surface area contributed by atoms with Gasteiger partial charge in [-0.3, -0.25) is 0 Å². The van der Waals surface area contributed by atoms with E-state index in [1.54, 1.807) is 18.5 Å². The van der Waals surface area contributed by atoms with E-state index in [-0.39, 0.29) is 11.9 Å². The highest BCUT2D eigenvalue weighted by atomic mass is 79.9. The van der Waals surface area contributed by atoms with Gasteiger partial charge >= 0.3 is 0 Å². The molecule has 0 amide bonds. The number of imidazole rings is 1. The summed E-state index contributed by atoms with van der Waals surface area (Å²) in [5, 5.41) is 3.21. The normalized spacial score (nSPS) is 12.7. The molecule has 5 heteroatoms. The molecular weight excluding hydrogens is 297 g/mol. The molecule has 18 heavy (non-hydrogen) atoms. The largest absolute Gasteiger partial charge is 0.340 e. The van der Waals surface area contributed by atoms with Gasteiger partial charge < -0.3 is 9.88 Å². The SMILES string of the molecule is CNC(Cc1cc(F)ccc1Br)c1cn(C)cn1. The average Bonchev–Trinajstić information content (AvgIpc) is 2.77. The fraction of sp³-hybridized carbons (Fsp3) is 0.308. The highest BCUT2D eigenvalue weighted by Gasteiger charge is 2.14. The summed E-state index contributed by atoms with van der Waals surface area (Å²) >= 11 is 3.45. The van der Waals surface area contributed by atoms with Crippen LogP contribution in [0.15, 0.2) is 35.2 Å². The standard InChI is InChI=1S/C13H15BrFN3/c1-16-12(13-7-18(2)8-17-13)6-9-5-10(15)3-4-11(9)14/h3-5,7-8,12,16H,6H2,1-2H3. The molecular formula is C13H15BrFN3. The van der Waals surface area contributed by atoms with Gasteiger partial charge in [0.2, 0.25) is 0 Å². The number of likely N-dealkylation sites (N-methyl/N-ethyl adjacent to an activating group) is 1. The highest BCUT2D eigenvalue weighted by Crippen LogP contribution is 2.23. The first-order valence-corrected chi connectivity index (χ1v) is 6.48. The van der Waals surface area contributed by atoms with Gasteiger partial charge in [-0.2, -0.15) is 0 Å². The molecule has 0 spiro atoms. The van der Waals surface area contributed by atoms with Crippen LogP contribution in [-0.4, -0.2) is 16.6 Å². The zero-order chi connectivity index (χ0) is 13.1. The molecule has 0 bridgehead atoms. The Balaban J connectivity index is 2.22. The smallest absolute Gasteiger partial charge is 0.123 e. The molecule has 0 saturated carbocycles. The van der Waals surface area contributed by atoms with Gasteiger partial charge in [0.25, 0.3) is 0 Å². The lowest BCUT2D eigenvalue weighted by molar-refractivity contribution is 0.571. The number of nitrogens with zero attached hydrogens (tertiary/aromatic N) is 2. The van der Waals surface area contributed by atoms with Gasteiger partial charge in [0.1, 0.15) is 5.82 Å². The molecule has 1 aromatic heterocycles. The number of halogens is 2. The van der Waals surface area contributed by atoms with Crippen molar-refractivity contribution in [3.8, 4) is 0 Å². The van der Waals surface area contributed by atoms with Crippen LogP contribution in [0.25, 0.3) is 0 Å². The number of aryl methyl sites for hydroxylation is 1. The van der Waals surface area contributed by atoms with Crippen molar-refractivity contribution < 1.29 is 4.39 Å². The summed E-state index contributed by atoms with van der Waals surface area (Å²) in [5.74, 6) is -0.218. The summed E-state index contributed by atoms with van der Waals surface area (Å²) in [6.07, 6.45) is 4.42. The molecule has 0 aliphatic heterocycles. The van der Waals surface area contributed by atoms with E-state index in [1.807, 2.05) is 24.9 Å². The minimum Gasteiger partial charge on any atom is -0.340 e. The van der Waals surface area contributed by atoms with Crippen molar-refractivity contribution >= 4 is 15.9 Å². The molecule has 0 saturated heterocycles.